The standard InChI is InChI=1S/C21H36N6O4/c1-14-10-15(12-26(8-5-23)19(14)30)17(28)25-7-9-27-13-16(18(29)24-6-4-22)11-21(2,3)20(27)31/h15-16H,1,4-13,22-23H2,2-3H3,(H,24,29)(H,25,28). The number of likely N-dealkylation sites (tertiary alicyclic amines) is 2. The topological polar surface area (TPSA) is 151 Å². The van der Waals surface area contributed by atoms with Gasteiger partial charge in [-0.05, 0) is 12.8 Å². The minimum Gasteiger partial charge on any atom is -0.355 e. The van der Waals surface area contributed by atoms with E-state index in [4.69, 9.17) is 11.5 Å². The third-order valence-electron chi connectivity index (χ3n) is 5.85. The fraction of sp³-hybridized carbons (Fsp3) is 0.714. The molecule has 2 heterocycles. The summed E-state index contributed by atoms with van der Waals surface area (Å²) in [4.78, 5) is 53.1. The molecule has 0 aromatic rings. The Kier molecular flexibility index (Phi) is 8.58. The Morgan fingerprint density at radius 3 is 2.26 bits per heavy atom. The lowest BCUT2D eigenvalue weighted by Gasteiger charge is -2.41. The number of nitrogens with two attached hydrogens (primary N) is 2. The zero-order valence-corrected chi connectivity index (χ0v) is 18.6. The van der Waals surface area contributed by atoms with E-state index in [9.17, 15) is 19.2 Å². The number of nitrogens with one attached hydrogen (secondary N) is 2. The molecule has 10 heteroatoms. The number of amides is 4. The van der Waals surface area contributed by atoms with Crippen LogP contribution in [0.5, 0.6) is 0 Å². The van der Waals surface area contributed by atoms with Crippen LogP contribution in [0.3, 0.4) is 0 Å². The fourth-order valence-electron chi connectivity index (χ4n) is 4.26. The Morgan fingerprint density at radius 1 is 1.00 bits per heavy atom. The lowest BCUT2D eigenvalue weighted by Crippen LogP contribution is -2.55. The molecule has 2 saturated heterocycles. The van der Waals surface area contributed by atoms with Gasteiger partial charge in [0.2, 0.25) is 23.6 Å². The van der Waals surface area contributed by atoms with Crippen molar-refractivity contribution in [3.05, 3.63) is 12.2 Å². The van der Waals surface area contributed by atoms with Gasteiger partial charge in [-0.3, -0.25) is 19.2 Å². The minimum absolute atomic E-state index is 0.0321. The number of hydrogen-bond donors (Lipinski definition) is 4. The van der Waals surface area contributed by atoms with E-state index < -0.39 is 5.41 Å². The van der Waals surface area contributed by atoms with E-state index in [2.05, 4.69) is 17.2 Å². The molecule has 6 N–H and O–H groups in total. The molecule has 31 heavy (non-hydrogen) atoms. The van der Waals surface area contributed by atoms with E-state index in [0.717, 1.165) is 0 Å². The summed E-state index contributed by atoms with van der Waals surface area (Å²) in [7, 11) is 0. The van der Waals surface area contributed by atoms with Crippen LogP contribution in [0.1, 0.15) is 26.7 Å². The number of piperidine rings is 2. The van der Waals surface area contributed by atoms with Crippen LogP contribution < -0.4 is 22.1 Å². The summed E-state index contributed by atoms with van der Waals surface area (Å²) in [5, 5.41) is 5.66. The maximum Gasteiger partial charge on any atom is 0.249 e. The highest BCUT2D eigenvalue weighted by molar-refractivity contribution is 5.96. The van der Waals surface area contributed by atoms with E-state index >= 15 is 0 Å². The van der Waals surface area contributed by atoms with E-state index in [1.165, 1.54) is 0 Å². The lowest BCUT2D eigenvalue weighted by molar-refractivity contribution is -0.149. The van der Waals surface area contributed by atoms with Gasteiger partial charge in [0.15, 0.2) is 0 Å². The third-order valence-corrected chi connectivity index (χ3v) is 5.85. The molecule has 2 unspecified atom stereocenters. The first-order valence-corrected chi connectivity index (χ1v) is 10.8. The average molecular weight is 437 g/mol. The molecule has 2 atom stereocenters. The second-order valence-electron chi connectivity index (χ2n) is 8.95. The molecule has 10 nitrogen and oxygen atoms in total. The number of hydrogen-bond acceptors (Lipinski definition) is 6. The molecule has 0 radical (unpaired) electrons. The Hall–Kier alpha value is -2.46. The molecule has 0 aliphatic carbocycles. The first-order chi connectivity index (χ1) is 14.6. The quantitative estimate of drug-likeness (QED) is 0.320. The van der Waals surface area contributed by atoms with E-state index in [-0.39, 0.29) is 42.0 Å². The summed E-state index contributed by atoms with van der Waals surface area (Å²) in [5.41, 5.74) is 10.7. The zero-order valence-electron chi connectivity index (χ0n) is 18.6. The molecule has 0 aromatic carbocycles. The number of carbonyl (C=O) groups is 4. The maximum atomic E-state index is 12.8. The molecule has 2 aliphatic rings. The van der Waals surface area contributed by atoms with Gasteiger partial charge in [-0.15, -0.1) is 0 Å². The van der Waals surface area contributed by atoms with E-state index in [1.54, 1.807) is 9.80 Å². The molecule has 174 valence electrons. The van der Waals surface area contributed by atoms with Crippen molar-refractivity contribution in [3.63, 3.8) is 0 Å². The van der Waals surface area contributed by atoms with Crippen molar-refractivity contribution in [1.29, 1.82) is 0 Å². The van der Waals surface area contributed by atoms with Gasteiger partial charge in [-0.2, -0.15) is 0 Å². The Labute approximate surface area is 183 Å². The van der Waals surface area contributed by atoms with Gasteiger partial charge in [0.1, 0.15) is 0 Å². The van der Waals surface area contributed by atoms with E-state index in [0.29, 0.717) is 64.2 Å². The van der Waals surface area contributed by atoms with Crippen LogP contribution in [0.4, 0.5) is 0 Å². The van der Waals surface area contributed by atoms with Crippen LogP contribution in [0.2, 0.25) is 0 Å². The Morgan fingerprint density at radius 2 is 1.61 bits per heavy atom. The predicted octanol–water partition coefficient (Wildman–Crippen LogP) is -1.58. The number of rotatable bonds is 9. The molecule has 2 fully saturated rings. The largest absolute Gasteiger partial charge is 0.355 e. The predicted molar refractivity (Wildman–Crippen MR) is 116 cm³/mol. The first-order valence-electron chi connectivity index (χ1n) is 10.8. The smallest absolute Gasteiger partial charge is 0.249 e. The van der Waals surface area contributed by atoms with Crippen molar-refractivity contribution in [1.82, 2.24) is 20.4 Å². The Balaban J connectivity index is 1.91. The SMILES string of the molecule is C=C1CC(C(=O)NCCN2CC(C(=O)NCCN)CC(C)(C)C2=O)CN(CCN)C1=O. The molecule has 2 rings (SSSR count). The van der Waals surface area contributed by atoms with Crippen molar-refractivity contribution in [3.8, 4) is 0 Å². The normalized spacial score (nSPS) is 23.7. The lowest BCUT2D eigenvalue weighted by atomic mass is 9.77. The molecule has 0 aromatic heterocycles. The Bertz CT molecular complexity index is 723. The summed E-state index contributed by atoms with van der Waals surface area (Å²) in [6.45, 7) is 10.1. The van der Waals surface area contributed by atoms with E-state index in [1.807, 2.05) is 13.8 Å². The second-order valence-corrected chi connectivity index (χ2v) is 8.95. The highest BCUT2D eigenvalue weighted by atomic mass is 16.2. The van der Waals surface area contributed by atoms with Crippen LogP contribution in [-0.4, -0.2) is 85.8 Å². The molecule has 0 spiro atoms. The van der Waals surface area contributed by atoms with Crippen molar-refractivity contribution in [2.45, 2.75) is 26.7 Å². The summed E-state index contributed by atoms with van der Waals surface area (Å²) < 4.78 is 0. The van der Waals surface area contributed by atoms with Crippen LogP contribution >= 0.6 is 0 Å². The molecule has 2 aliphatic heterocycles. The number of nitrogens with zero attached hydrogens (tertiary/aromatic N) is 2. The minimum atomic E-state index is -0.656. The molecular formula is C21H36N6O4. The monoisotopic (exact) mass is 436 g/mol. The summed E-state index contributed by atoms with van der Waals surface area (Å²) in [6.07, 6.45) is 0.783. The van der Waals surface area contributed by atoms with Gasteiger partial charge in [-0.25, -0.2) is 0 Å². The first kappa shape index (κ1) is 24.8. The van der Waals surface area contributed by atoms with Crippen molar-refractivity contribution in [2.75, 3.05) is 52.4 Å². The molecular weight excluding hydrogens is 400 g/mol. The molecule has 4 amide bonds. The third kappa shape index (κ3) is 6.27. The highest BCUT2D eigenvalue weighted by Gasteiger charge is 2.42. The molecule has 0 saturated carbocycles. The van der Waals surface area contributed by atoms with Gasteiger partial charge in [-0.1, -0.05) is 20.4 Å². The zero-order chi connectivity index (χ0) is 23.2. The number of carbonyl (C=O) groups excluding carboxylic acids is 4. The van der Waals surface area contributed by atoms with Gasteiger partial charge < -0.3 is 31.9 Å². The van der Waals surface area contributed by atoms with Gasteiger partial charge >= 0.3 is 0 Å². The van der Waals surface area contributed by atoms with Crippen LogP contribution in [0, 0.1) is 17.3 Å². The fourth-order valence-corrected chi connectivity index (χ4v) is 4.26. The average Bonchev–Trinajstić information content (AvgIpc) is 2.72. The van der Waals surface area contributed by atoms with Crippen molar-refractivity contribution >= 4 is 23.6 Å². The van der Waals surface area contributed by atoms with Crippen LogP contribution in [0.25, 0.3) is 0 Å². The molecule has 0 bridgehead atoms. The van der Waals surface area contributed by atoms with Crippen LogP contribution in [-0.2, 0) is 19.2 Å². The van der Waals surface area contributed by atoms with Gasteiger partial charge in [0.05, 0.1) is 11.8 Å². The summed E-state index contributed by atoms with van der Waals surface area (Å²) in [5.74, 6) is -1.18. The summed E-state index contributed by atoms with van der Waals surface area (Å²) in [6, 6.07) is 0. The second kappa shape index (κ2) is 10.7. The summed E-state index contributed by atoms with van der Waals surface area (Å²) >= 11 is 0. The van der Waals surface area contributed by atoms with Gasteiger partial charge in [0, 0.05) is 63.3 Å². The van der Waals surface area contributed by atoms with Crippen molar-refractivity contribution < 1.29 is 19.2 Å². The highest BCUT2D eigenvalue weighted by Crippen LogP contribution is 2.33. The van der Waals surface area contributed by atoms with Crippen molar-refractivity contribution in [2.24, 2.45) is 28.7 Å². The maximum absolute atomic E-state index is 12.8. The van der Waals surface area contributed by atoms with Gasteiger partial charge in [0.25, 0.3) is 0 Å². The van der Waals surface area contributed by atoms with Crippen LogP contribution in [0.15, 0.2) is 12.2 Å².